The molecule has 9 nitrogen and oxygen atoms in total. The quantitative estimate of drug-likeness (QED) is 0.648. The molecule has 10 heteroatoms. The van der Waals surface area contributed by atoms with Crippen LogP contribution in [0.1, 0.15) is 17.3 Å². The van der Waals surface area contributed by atoms with Crippen LogP contribution in [-0.2, 0) is 14.8 Å². The summed E-state index contributed by atoms with van der Waals surface area (Å²) in [6.45, 7) is 6.04. The number of sulfonamides is 1. The van der Waals surface area contributed by atoms with Crippen molar-refractivity contribution >= 4 is 27.6 Å². The van der Waals surface area contributed by atoms with Crippen LogP contribution in [0.2, 0.25) is 0 Å². The van der Waals surface area contributed by atoms with Crippen molar-refractivity contribution in [3.63, 3.8) is 0 Å². The van der Waals surface area contributed by atoms with Crippen molar-refractivity contribution in [1.82, 2.24) is 14.3 Å². The Hall–Kier alpha value is -2.56. The molecule has 0 N–H and O–H groups in total. The van der Waals surface area contributed by atoms with Gasteiger partial charge in [0.05, 0.1) is 18.1 Å². The van der Waals surface area contributed by atoms with Gasteiger partial charge in [-0.3, -0.25) is 4.79 Å². The lowest BCUT2D eigenvalue weighted by molar-refractivity contribution is 0.101. The molecular weight excluding hydrogens is 406 g/mol. The second-order valence-corrected chi connectivity index (χ2v) is 9.23. The Labute approximate surface area is 176 Å². The summed E-state index contributed by atoms with van der Waals surface area (Å²) < 4.78 is 32.9. The van der Waals surface area contributed by atoms with Gasteiger partial charge in [0.2, 0.25) is 16.0 Å². The number of ether oxygens (including phenoxy) is 1. The molecule has 2 saturated heterocycles. The fraction of sp³-hybridized carbons (Fsp3) is 0.450. The highest BCUT2D eigenvalue weighted by molar-refractivity contribution is 7.89. The topological polar surface area (TPSA) is 95.9 Å². The summed E-state index contributed by atoms with van der Waals surface area (Å²) in [5, 5.41) is 0. The Kier molecular flexibility index (Phi) is 5.98. The first kappa shape index (κ1) is 20.7. The number of anilines is 2. The maximum atomic E-state index is 13.0. The van der Waals surface area contributed by atoms with Gasteiger partial charge in [-0.15, -0.1) is 0 Å². The van der Waals surface area contributed by atoms with E-state index in [2.05, 4.69) is 19.8 Å². The lowest BCUT2D eigenvalue weighted by Crippen LogP contribution is -2.49. The minimum atomic E-state index is -3.65. The fourth-order valence-corrected chi connectivity index (χ4v) is 5.08. The average Bonchev–Trinajstić information content (AvgIpc) is 2.80. The molecule has 2 fully saturated rings. The van der Waals surface area contributed by atoms with Gasteiger partial charge in [0.15, 0.2) is 5.78 Å². The van der Waals surface area contributed by atoms with Crippen molar-refractivity contribution in [3.8, 4) is 0 Å². The molecule has 0 radical (unpaired) electrons. The largest absolute Gasteiger partial charge is 0.378 e. The minimum Gasteiger partial charge on any atom is -0.378 e. The number of morpholine rings is 1. The standard InChI is InChI=1S/C20H25N5O4S/c1-16(26)17-3-2-4-18(15-17)30(27,28)25-9-7-23(8-10-25)19-5-6-21-20(22-19)24-11-13-29-14-12-24/h2-6,15H,7-14H2,1H3. The predicted molar refractivity (Wildman–Crippen MR) is 112 cm³/mol. The molecule has 4 rings (SSSR count). The Morgan fingerprint density at radius 3 is 2.43 bits per heavy atom. The monoisotopic (exact) mass is 431 g/mol. The zero-order valence-corrected chi connectivity index (χ0v) is 17.7. The van der Waals surface area contributed by atoms with Gasteiger partial charge in [0, 0.05) is 51.0 Å². The third kappa shape index (κ3) is 4.30. The predicted octanol–water partition coefficient (Wildman–Crippen LogP) is 1.03. The number of piperazine rings is 1. The van der Waals surface area contributed by atoms with Crippen molar-refractivity contribution in [2.75, 3.05) is 62.3 Å². The van der Waals surface area contributed by atoms with Gasteiger partial charge in [-0.2, -0.15) is 9.29 Å². The summed E-state index contributed by atoms with van der Waals surface area (Å²) in [4.78, 5) is 25.0. The van der Waals surface area contributed by atoms with Gasteiger partial charge in [0.25, 0.3) is 0 Å². The molecule has 0 amide bonds. The molecule has 160 valence electrons. The Morgan fingerprint density at radius 1 is 1.00 bits per heavy atom. The van der Waals surface area contributed by atoms with Gasteiger partial charge in [-0.1, -0.05) is 12.1 Å². The number of hydrogen-bond acceptors (Lipinski definition) is 8. The highest BCUT2D eigenvalue weighted by atomic mass is 32.2. The van der Waals surface area contributed by atoms with Gasteiger partial charge < -0.3 is 14.5 Å². The average molecular weight is 432 g/mol. The maximum Gasteiger partial charge on any atom is 0.243 e. The maximum absolute atomic E-state index is 13.0. The molecule has 2 aromatic rings. The van der Waals surface area contributed by atoms with Crippen LogP contribution in [0, 0.1) is 0 Å². The molecule has 2 aliphatic rings. The first-order valence-electron chi connectivity index (χ1n) is 9.97. The van der Waals surface area contributed by atoms with E-state index in [1.165, 1.54) is 23.4 Å². The second-order valence-electron chi connectivity index (χ2n) is 7.29. The van der Waals surface area contributed by atoms with E-state index in [4.69, 9.17) is 4.74 Å². The Morgan fingerprint density at radius 2 is 1.73 bits per heavy atom. The van der Waals surface area contributed by atoms with E-state index in [9.17, 15) is 13.2 Å². The molecule has 0 bridgehead atoms. The van der Waals surface area contributed by atoms with Crippen LogP contribution < -0.4 is 9.80 Å². The number of hydrogen-bond donors (Lipinski definition) is 0. The van der Waals surface area contributed by atoms with E-state index in [-0.39, 0.29) is 10.7 Å². The highest BCUT2D eigenvalue weighted by Crippen LogP contribution is 2.22. The number of benzene rings is 1. The molecular formula is C20H25N5O4S. The summed E-state index contributed by atoms with van der Waals surface area (Å²) in [6.07, 6.45) is 1.74. The minimum absolute atomic E-state index is 0.153. The van der Waals surface area contributed by atoms with Gasteiger partial charge >= 0.3 is 0 Å². The number of rotatable bonds is 5. The third-order valence-corrected chi connectivity index (χ3v) is 7.26. The van der Waals surface area contributed by atoms with Crippen molar-refractivity contribution in [2.45, 2.75) is 11.8 Å². The van der Waals surface area contributed by atoms with E-state index in [0.717, 1.165) is 18.9 Å². The molecule has 1 aromatic heterocycles. The normalized spacial score (nSPS) is 18.4. The number of Topliss-reactive ketones (excluding diaryl/α,β-unsaturated/α-hetero) is 1. The molecule has 30 heavy (non-hydrogen) atoms. The third-order valence-electron chi connectivity index (χ3n) is 5.36. The highest BCUT2D eigenvalue weighted by Gasteiger charge is 2.29. The molecule has 1 aromatic carbocycles. The molecule has 0 unspecified atom stereocenters. The summed E-state index contributed by atoms with van der Waals surface area (Å²) in [5.41, 5.74) is 0.395. The molecule has 0 aliphatic carbocycles. The number of nitrogens with zero attached hydrogens (tertiary/aromatic N) is 5. The number of aromatic nitrogens is 2. The molecule has 0 saturated carbocycles. The molecule has 0 spiro atoms. The fourth-order valence-electron chi connectivity index (χ4n) is 3.61. The summed E-state index contributed by atoms with van der Waals surface area (Å²) >= 11 is 0. The number of carbonyl (C=O) groups excluding carboxylic acids is 1. The Balaban J connectivity index is 1.45. The number of ketones is 1. The Bertz CT molecular complexity index is 1020. The van der Waals surface area contributed by atoms with Crippen LogP contribution in [0.5, 0.6) is 0 Å². The van der Waals surface area contributed by atoms with Crippen LogP contribution in [0.15, 0.2) is 41.4 Å². The van der Waals surface area contributed by atoms with Gasteiger partial charge in [-0.05, 0) is 25.1 Å². The van der Waals surface area contributed by atoms with Crippen molar-refractivity contribution < 1.29 is 17.9 Å². The zero-order valence-electron chi connectivity index (χ0n) is 16.9. The van der Waals surface area contributed by atoms with Crippen LogP contribution in [0.3, 0.4) is 0 Å². The molecule has 3 heterocycles. The second kappa shape index (κ2) is 8.66. The van der Waals surface area contributed by atoms with Crippen LogP contribution in [0.25, 0.3) is 0 Å². The van der Waals surface area contributed by atoms with E-state index in [1.54, 1.807) is 18.3 Å². The van der Waals surface area contributed by atoms with Gasteiger partial charge in [-0.25, -0.2) is 13.4 Å². The number of carbonyl (C=O) groups is 1. The van der Waals surface area contributed by atoms with Crippen LogP contribution >= 0.6 is 0 Å². The lowest BCUT2D eigenvalue weighted by atomic mass is 10.2. The summed E-state index contributed by atoms with van der Waals surface area (Å²) in [7, 11) is -3.65. The van der Waals surface area contributed by atoms with Gasteiger partial charge in [0.1, 0.15) is 5.82 Å². The molecule has 0 atom stereocenters. The van der Waals surface area contributed by atoms with E-state index < -0.39 is 10.0 Å². The van der Waals surface area contributed by atoms with E-state index in [1.807, 2.05) is 6.07 Å². The van der Waals surface area contributed by atoms with E-state index >= 15 is 0 Å². The first-order chi connectivity index (χ1) is 14.4. The molecule has 2 aliphatic heterocycles. The summed E-state index contributed by atoms with van der Waals surface area (Å²) in [6, 6.07) is 8.06. The van der Waals surface area contributed by atoms with Crippen molar-refractivity contribution in [2.24, 2.45) is 0 Å². The van der Waals surface area contributed by atoms with E-state index in [0.29, 0.717) is 50.9 Å². The van der Waals surface area contributed by atoms with Crippen LogP contribution in [0.4, 0.5) is 11.8 Å². The van der Waals surface area contributed by atoms with Crippen molar-refractivity contribution in [3.05, 3.63) is 42.1 Å². The first-order valence-corrected chi connectivity index (χ1v) is 11.4. The zero-order chi connectivity index (χ0) is 21.1. The smallest absolute Gasteiger partial charge is 0.243 e. The van der Waals surface area contributed by atoms with Crippen LogP contribution in [-0.4, -0.2) is 81.0 Å². The SMILES string of the molecule is CC(=O)c1cccc(S(=O)(=O)N2CCN(c3ccnc(N4CCOCC4)n3)CC2)c1. The van der Waals surface area contributed by atoms with Crippen molar-refractivity contribution in [1.29, 1.82) is 0 Å². The lowest BCUT2D eigenvalue weighted by Gasteiger charge is -2.35. The summed E-state index contributed by atoms with van der Waals surface area (Å²) in [5.74, 6) is 1.31.